The van der Waals surface area contributed by atoms with Crippen LogP contribution in [0.4, 0.5) is 0 Å². The molecule has 0 heterocycles. The average molecular weight is 329 g/mol. The van der Waals surface area contributed by atoms with Crippen LogP contribution >= 0.6 is 0 Å². The third-order valence-corrected chi connectivity index (χ3v) is 5.03. The van der Waals surface area contributed by atoms with Crippen molar-refractivity contribution < 1.29 is 9.47 Å². The van der Waals surface area contributed by atoms with Crippen LogP contribution in [0, 0.1) is 29.6 Å². The van der Waals surface area contributed by atoms with E-state index in [-0.39, 0.29) is 0 Å². The molecule has 23 heavy (non-hydrogen) atoms. The van der Waals surface area contributed by atoms with Crippen molar-refractivity contribution in [3.8, 4) is 0 Å². The Balaban J connectivity index is 4.09. The fourth-order valence-corrected chi connectivity index (χ4v) is 2.54. The van der Waals surface area contributed by atoms with Gasteiger partial charge in [0.15, 0.2) is 0 Å². The van der Waals surface area contributed by atoms with Gasteiger partial charge < -0.3 is 9.47 Å². The van der Waals surface area contributed by atoms with Gasteiger partial charge in [-0.25, -0.2) is 0 Å². The average Bonchev–Trinajstić information content (AvgIpc) is 2.50. The molecule has 0 fully saturated rings. The van der Waals surface area contributed by atoms with Crippen molar-refractivity contribution in [3.63, 3.8) is 0 Å². The van der Waals surface area contributed by atoms with Crippen LogP contribution in [0.2, 0.25) is 0 Å². The molecule has 0 aliphatic carbocycles. The maximum atomic E-state index is 5.92. The van der Waals surface area contributed by atoms with Gasteiger partial charge in [0.2, 0.25) is 0 Å². The summed E-state index contributed by atoms with van der Waals surface area (Å²) in [7, 11) is 0. The summed E-state index contributed by atoms with van der Waals surface area (Å²) < 4.78 is 11.8. The largest absolute Gasteiger partial charge is 0.381 e. The number of rotatable bonds is 15. The predicted octanol–water partition coefficient (Wildman–Crippen LogP) is 6.19. The molecule has 0 rings (SSSR count). The minimum Gasteiger partial charge on any atom is -0.381 e. The standard InChI is InChI=1S/C21H44O2/c1-8-19(6)20(7)9-10-21(15-22-13-11-17(2)3)16-23-14-12-18(4)5/h17-21H,8-16H2,1-7H3. The van der Waals surface area contributed by atoms with Gasteiger partial charge in [0.05, 0.1) is 13.2 Å². The van der Waals surface area contributed by atoms with Crippen LogP contribution in [0.1, 0.15) is 80.6 Å². The fraction of sp³-hybridized carbons (Fsp3) is 1.00. The molecule has 0 bridgehead atoms. The lowest BCUT2D eigenvalue weighted by Gasteiger charge is -2.23. The molecule has 0 radical (unpaired) electrons. The summed E-state index contributed by atoms with van der Waals surface area (Å²) in [5.41, 5.74) is 0. The highest BCUT2D eigenvalue weighted by atomic mass is 16.5. The third kappa shape index (κ3) is 14.0. The van der Waals surface area contributed by atoms with Crippen molar-refractivity contribution in [2.45, 2.75) is 80.6 Å². The van der Waals surface area contributed by atoms with Crippen molar-refractivity contribution in [1.82, 2.24) is 0 Å². The molecule has 0 aromatic carbocycles. The zero-order chi connectivity index (χ0) is 17.7. The lowest BCUT2D eigenvalue weighted by molar-refractivity contribution is 0.0273. The summed E-state index contributed by atoms with van der Waals surface area (Å²) in [6, 6.07) is 0. The van der Waals surface area contributed by atoms with Gasteiger partial charge in [-0.15, -0.1) is 0 Å². The van der Waals surface area contributed by atoms with E-state index in [2.05, 4.69) is 48.5 Å². The first kappa shape index (κ1) is 22.9. The molecule has 0 aromatic heterocycles. The number of hydrogen-bond acceptors (Lipinski definition) is 2. The lowest BCUT2D eigenvalue weighted by Crippen LogP contribution is -2.20. The van der Waals surface area contributed by atoms with Gasteiger partial charge in [-0.05, 0) is 42.9 Å². The SMILES string of the molecule is CCC(C)C(C)CCC(COCCC(C)C)COCCC(C)C. The Morgan fingerprint density at radius 1 is 0.609 bits per heavy atom. The molecule has 0 saturated carbocycles. The highest BCUT2D eigenvalue weighted by Gasteiger charge is 2.15. The van der Waals surface area contributed by atoms with Gasteiger partial charge in [-0.3, -0.25) is 0 Å². The summed E-state index contributed by atoms with van der Waals surface area (Å²) in [4.78, 5) is 0. The Morgan fingerprint density at radius 2 is 1.09 bits per heavy atom. The summed E-state index contributed by atoms with van der Waals surface area (Å²) in [5.74, 6) is 3.62. The maximum Gasteiger partial charge on any atom is 0.0516 e. The molecule has 0 aromatic rings. The van der Waals surface area contributed by atoms with E-state index < -0.39 is 0 Å². The Labute approximate surface area is 146 Å². The molecule has 0 aliphatic rings. The zero-order valence-electron chi connectivity index (χ0n) is 17.1. The van der Waals surface area contributed by atoms with Gasteiger partial charge in [-0.1, -0.05) is 61.3 Å². The van der Waals surface area contributed by atoms with E-state index >= 15 is 0 Å². The molecule has 0 amide bonds. The van der Waals surface area contributed by atoms with Crippen LogP contribution in [0.15, 0.2) is 0 Å². The molecule has 0 aliphatic heterocycles. The van der Waals surface area contributed by atoms with Crippen LogP contribution in [-0.4, -0.2) is 26.4 Å². The minimum absolute atomic E-state index is 0.556. The fourth-order valence-electron chi connectivity index (χ4n) is 2.54. The molecule has 0 spiro atoms. The van der Waals surface area contributed by atoms with Crippen LogP contribution in [0.5, 0.6) is 0 Å². The summed E-state index contributed by atoms with van der Waals surface area (Å²) >= 11 is 0. The Kier molecular flexibility index (Phi) is 14.2. The molecular weight excluding hydrogens is 284 g/mol. The quantitative estimate of drug-likeness (QED) is 0.334. The highest BCUT2D eigenvalue weighted by Crippen LogP contribution is 2.22. The van der Waals surface area contributed by atoms with Gasteiger partial charge in [0.1, 0.15) is 0 Å². The minimum atomic E-state index is 0.556. The molecule has 0 saturated heterocycles. The molecule has 2 nitrogen and oxygen atoms in total. The van der Waals surface area contributed by atoms with E-state index in [9.17, 15) is 0 Å². The van der Waals surface area contributed by atoms with Gasteiger partial charge in [-0.2, -0.15) is 0 Å². The predicted molar refractivity (Wildman–Crippen MR) is 102 cm³/mol. The molecular formula is C21H44O2. The second-order valence-electron chi connectivity index (χ2n) is 8.32. The summed E-state index contributed by atoms with van der Waals surface area (Å²) in [6.45, 7) is 19.6. The Morgan fingerprint density at radius 3 is 1.48 bits per heavy atom. The highest BCUT2D eigenvalue weighted by molar-refractivity contribution is 4.65. The van der Waals surface area contributed by atoms with E-state index in [1.165, 1.54) is 19.3 Å². The van der Waals surface area contributed by atoms with Crippen molar-refractivity contribution >= 4 is 0 Å². The van der Waals surface area contributed by atoms with E-state index in [1.54, 1.807) is 0 Å². The van der Waals surface area contributed by atoms with E-state index in [0.29, 0.717) is 5.92 Å². The van der Waals surface area contributed by atoms with Crippen molar-refractivity contribution in [2.75, 3.05) is 26.4 Å². The van der Waals surface area contributed by atoms with Gasteiger partial charge in [0, 0.05) is 19.1 Å². The zero-order valence-corrected chi connectivity index (χ0v) is 17.1. The monoisotopic (exact) mass is 328 g/mol. The van der Waals surface area contributed by atoms with E-state index in [1.807, 2.05) is 0 Å². The first-order chi connectivity index (χ1) is 10.9. The topological polar surface area (TPSA) is 18.5 Å². The van der Waals surface area contributed by atoms with Crippen LogP contribution in [0.3, 0.4) is 0 Å². The Hall–Kier alpha value is -0.0800. The molecule has 2 unspecified atom stereocenters. The number of hydrogen-bond donors (Lipinski definition) is 0. The van der Waals surface area contributed by atoms with E-state index in [4.69, 9.17) is 9.47 Å². The molecule has 0 N–H and O–H groups in total. The Bertz CT molecular complexity index is 234. The summed E-state index contributed by atoms with van der Waals surface area (Å²) in [6.07, 6.45) is 6.12. The second kappa shape index (κ2) is 14.3. The molecule has 2 atom stereocenters. The smallest absolute Gasteiger partial charge is 0.0516 e. The van der Waals surface area contributed by atoms with Crippen LogP contribution in [-0.2, 0) is 9.47 Å². The first-order valence-electron chi connectivity index (χ1n) is 10.0. The summed E-state index contributed by atoms with van der Waals surface area (Å²) in [5, 5.41) is 0. The molecule has 2 heteroatoms. The maximum absolute atomic E-state index is 5.92. The first-order valence-corrected chi connectivity index (χ1v) is 10.0. The second-order valence-corrected chi connectivity index (χ2v) is 8.32. The van der Waals surface area contributed by atoms with E-state index in [0.717, 1.165) is 62.9 Å². The normalized spacial score (nSPS) is 14.9. The van der Waals surface area contributed by atoms with Crippen molar-refractivity contribution in [2.24, 2.45) is 29.6 Å². The number of ether oxygens (including phenoxy) is 2. The van der Waals surface area contributed by atoms with Gasteiger partial charge in [0.25, 0.3) is 0 Å². The molecule has 140 valence electrons. The van der Waals surface area contributed by atoms with Crippen molar-refractivity contribution in [1.29, 1.82) is 0 Å². The lowest BCUT2D eigenvalue weighted by atomic mass is 9.87. The van der Waals surface area contributed by atoms with Crippen molar-refractivity contribution in [3.05, 3.63) is 0 Å². The van der Waals surface area contributed by atoms with Crippen LogP contribution in [0.25, 0.3) is 0 Å². The van der Waals surface area contributed by atoms with Gasteiger partial charge >= 0.3 is 0 Å². The van der Waals surface area contributed by atoms with Crippen LogP contribution < -0.4 is 0 Å². The third-order valence-electron chi connectivity index (χ3n) is 5.03.